The molecule has 5 rings (SSSR count). The Bertz CT molecular complexity index is 1260. The number of aromatic nitrogens is 1. The molecule has 2 heterocycles. The lowest BCUT2D eigenvalue weighted by Crippen LogP contribution is -2.36. The summed E-state index contributed by atoms with van der Waals surface area (Å²) in [6.07, 6.45) is 3.42. The van der Waals surface area contributed by atoms with Crippen LogP contribution in [0.15, 0.2) is 79.0 Å². The molecule has 0 saturated carbocycles. The zero-order chi connectivity index (χ0) is 22.1. The van der Waals surface area contributed by atoms with Crippen molar-refractivity contribution in [1.82, 2.24) is 9.47 Å². The maximum absolute atomic E-state index is 13.7. The van der Waals surface area contributed by atoms with Crippen molar-refractivity contribution >= 4 is 16.8 Å². The third-order valence-corrected chi connectivity index (χ3v) is 6.67. The summed E-state index contributed by atoms with van der Waals surface area (Å²) in [4.78, 5) is 15.5. The van der Waals surface area contributed by atoms with Crippen LogP contribution in [-0.4, -0.2) is 21.9 Å². The van der Waals surface area contributed by atoms with Gasteiger partial charge in [0.25, 0.3) is 0 Å². The van der Waals surface area contributed by atoms with Crippen molar-refractivity contribution in [3.63, 3.8) is 0 Å². The Balaban J connectivity index is 1.51. The predicted molar refractivity (Wildman–Crippen MR) is 126 cm³/mol. The van der Waals surface area contributed by atoms with Gasteiger partial charge < -0.3 is 9.47 Å². The maximum Gasteiger partial charge on any atom is 0.223 e. The Labute approximate surface area is 188 Å². The number of rotatable bonds is 5. The SMILES string of the molecule is CCn1cc(C(CC(=O)N2CCc3ccccc3C2)c2ccc(F)cc2)c2ccccc21. The minimum absolute atomic E-state index is 0.127. The number of aryl methyl sites for hydroxylation is 1. The van der Waals surface area contributed by atoms with Gasteiger partial charge in [-0.1, -0.05) is 54.6 Å². The molecule has 0 N–H and O–H groups in total. The maximum atomic E-state index is 13.7. The second-order valence-corrected chi connectivity index (χ2v) is 8.53. The molecule has 0 saturated heterocycles. The fourth-order valence-corrected chi connectivity index (χ4v) is 4.93. The molecule has 4 heteroatoms. The van der Waals surface area contributed by atoms with Gasteiger partial charge in [-0.2, -0.15) is 0 Å². The van der Waals surface area contributed by atoms with Gasteiger partial charge in [0.15, 0.2) is 0 Å². The van der Waals surface area contributed by atoms with E-state index in [0.717, 1.165) is 41.5 Å². The zero-order valence-corrected chi connectivity index (χ0v) is 18.3. The van der Waals surface area contributed by atoms with E-state index in [2.05, 4.69) is 48.0 Å². The molecule has 1 unspecified atom stereocenters. The van der Waals surface area contributed by atoms with E-state index in [1.165, 1.54) is 23.3 Å². The lowest BCUT2D eigenvalue weighted by molar-refractivity contribution is -0.132. The normalized spacial score (nSPS) is 14.4. The molecule has 0 radical (unpaired) electrons. The van der Waals surface area contributed by atoms with E-state index in [0.29, 0.717) is 13.0 Å². The smallest absolute Gasteiger partial charge is 0.223 e. The Kier molecular flexibility index (Phi) is 5.52. The van der Waals surface area contributed by atoms with Crippen LogP contribution in [0.5, 0.6) is 0 Å². The van der Waals surface area contributed by atoms with Crippen molar-refractivity contribution in [3.8, 4) is 0 Å². The molecule has 0 fully saturated rings. The third kappa shape index (κ3) is 3.81. The third-order valence-electron chi connectivity index (χ3n) is 6.67. The molecule has 4 aromatic rings. The van der Waals surface area contributed by atoms with Gasteiger partial charge in [-0.3, -0.25) is 4.79 Å². The average Bonchev–Trinajstić information content (AvgIpc) is 3.21. The van der Waals surface area contributed by atoms with Crippen molar-refractivity contribution in [2.75, 3.05) is 6.54 Å². The van der Waals surface area contributed by atoms with Crippen LogP contribution < -0.4 is 0 Å². The number of amides is 1. The van der Waals surface area contributed by atoms with Crippen molar-refractivity contribution < 1.29 is 9.18 Å². The van der Waals surface area contributed by atoms with Gasteiger partial charge in [0.2, 0.25) is 5.91 Å². The zero-order valence-electron chi connectivity index (χ0n) is 18.3. The van der Waals surface area contributed by atoms with Gasteiger partial charge in [0, 0.05) is 49.1 Å². The van der Waals surface area contributed by atoms with Gasteiger partial charge in [0.1, 0.15) is 5.82 Å². The summed E-state index contributed by atoms with van der Waals surface area (Å²) < 4.78 is 15.9. The first-order chi connectivity index (χ1) is 15.6. The van der Waals surface area contributed by atoms with Gasteiger partial charge >= 0.3 is 0 Å². The summed E-state index contributed by atoms with van der Waals surface area (Å²) in [7, 11) is 0. The van der Waals surface area contributed by atoms with Crippen LogP contribution in [0.25, 0.3) is 10.9 Å². The van der Waals surface area contributed by atoms with Crippen LogP contribution in [0.3, 0.4) is 0 Å². The van der Waals surface area contributed by atoms with E-state index in [4.69, 9.17) is 0 Å². The fourth-order valence-electron chi connectivity index (χ4n) is 4.93. The van der Waals surface area contributed by atoms with Crippen LogP contribution in [0.2, 0.25) is 0 Å². The monoisotopic (exact) mass is 426 g/mol. The standard InChI is InChI=1S/C28H27FN2O/c1-2-30-19-26(24-9-5-6-10-27(24)30)25(21-11-13-23(29)14-12-21)17-28(32)31-16-15-20-7-3-4-8-22(20)18-31/h3-14,19,25H,2,15-18H2,1H3. The lowest BCUT2D eigenvalue weighted by Gasteiger charge is -2.30. The summed E-state index contributed by atoms with van der Waals surface area (Å²) >= 11 is 0. The Morgan fingerprint density at radius 2 is 1.69 bits per heavy atom. The molecule has 0 spiro atoms. The summed E-state index contributed by atoms with van der Waals surface area (Å²) in [5.41, 5.74) is 5.82. The minimum atomic E-state index is -0.262. The molecule has 1 aliphatic heterocycles. The highest BCUT2D eigenvalue weighted by molar-refractivity contribution is 5.86. The molecule has 0 bridgehead atoms. The van der Waals surface area contributed by atoms with Crippen molar-refractivity contribution in [3.05, 3.63) is 107 Å². The van der Waals surface area contributed by atoms with Crippen LogP contribution in [0.1, 0.15) is 41.5 Å². The van der Waals surface area contributed by atoms with Gasteiger partial charge in [-0.05, 0) is 53.8 Å². The highest BCUT2D eigenvalue weighted by Gasteiger charge is 2.27. The quantitative estimate of drug-likeness (QED) is 0.390. The largest absolute Gasteiger partial charge is 0.347 e. The fraction of sp³-hybridized carbons (Fsp3) is 0.250. The van der Waals surface area contributed by atoms with E-state index in [1.54, 1.807) is 0 Å². The van der Waals surface area contributed by atoms with Crippen LogP contribution >= 0.6 is 0 Å². The predicted octanol–water partition coefficient (Wildman–Crippen LogP) is 5.91. The number of para-hydroxylation sites is 1. The van der Waals surface area contributed by atoms with E-state index >= 15 is 0 Å². The molecule has 1 aromatic heterocycles. The van der Waals surface area contributed by atoms with Crippen LogP contribution in [-0.2, 0) is 24.3 Å². The first kappa shape index (κ1) is 20.5. The number of fused-ring (bicyclic) bond motifs is 2. The number of carbonyl (C=O) groups excluding carboxylic acids is 1. The van der Waals surface area contributed by atoms with Crippen molar-refractivity contribution in [1.29, 1.82) is 0 Å². The summed E-state index contributed by atoms with van der Waals surface area (Å²) in [5.74, 6) is -0.248. The van der Waals surface area contributed by atoms with Crippen LogP contribution in [0.4, 0.5) is 4.39 Å². The van der Waals surface area contributed by atoms with E-state index in [-0.39, 0.29) is 17.6 Å². The Morgan fingerprint density at radius 1 is 0.969 bits per heavy atom. The average molecular weight is 427 g/mol. The molecule has 32 heavy (non-hydrogen) atoms. The highest BCUT2D eigenvalue weighted by Crippen LogP contribution is 2.36. The molecule has 1 aliphatic rings. The Morgan fingerprint density at radius 3 is 2.47 bits per heavy atom. The molecule has 162 valence electrons. The Hall–Kier alpha value is -3.40. The molecule has 0 aliphatic carbocycles. The summed E-state index contributed by atoms with van der Waals surface area (Å²) in [6.45, 7) is 4.37. The second kappa shape index (κ2) is 8.62. The van der Waals surface area contributed by atoms with Crippen molar-refractivity contribution in [2.45, 2.75) is 38.8 Å². The van der Waals surface area contributed by atoms with Crippen molar-refractivity contribution in [2.24, 2.45) is 0 Å². The number of nitrogens with zero attached hydrogens (tertiary/aromatic N) is 2. The highest BCUT2D eigenvalue weighted by atomic mass is 19.1. The number of hydrogen-bond donors (Lipinski definition) is 0. The molecule has 3 aromatic carbocycles. The van der Waals surface area contributed by atoms with Gasteiger partial charge in [0.05, 0.1) is 0 Å². The number of benzene rings is 3. The number of halogens is 1. The van der Waals surface area contributed by atoms with Gasteiger partial charge in [-0.25, -0.2) is 4.39 Å². The molecular formula is C28H27FN2O. The van der Waals surface area contributed by atoms with E-state index in [9.17, 15) is 9.18 Å². The lowest BCUT2D eigenvalue weighted by atomic mass is 9.87. The number of carbonyl (C=O) groups is 1. The number of hydrogen-bond acceptors (Lipinski definition) is 1. The topological polar surface area (TPSA) is 25.2 Å². The molecule has 1 atom stereocenters. The van der Waals surface area contributed by atoms with E-state index in [1.807, 2.05) is 35.2 Å². The van der Waals surface area contributed by atoms with Crippen LogP contribution in [0, 0.1) is 5.82 Å². The summed E-state index contributed by atoms with van der Waals surface area (Å²) in [6, 6.07) is 23.3. The first-order valence-corrected chi connectivity index (χ1v) is 11.3. The second-order valence-electron chi connectivity index (χ2n) is 8.53. The first-order valence-electron chi connectivity index (χ1n) is 11.3. The minimum Gasteiger partial charge on any atom is -0.347 e. The van der Waals surface area contributed by atoms with E-state index < -0.39 is 0 Å². The van der Waals surface area contributed by atoms with Gasteiger partial charge in [-0.15, -0.1) is 0 Å². The molecule has 1 amide bonds. The molecular weight excluding hydrogens is 399 g/mol. The summed E-state index contributed by atoms with van der Waals surface area (Å²) in [5, 5.41) is 1.15. The molecule has 3 nitrogen and oxygen atoms in total.